The van der Waals surface area contributed by atoms with Gasteiger partial charge in [0.2, 0.25) is 5.91 Å². The molecule has 0 spiro atoms. The Bertz CT molecular complexity index is 1610. The van der Waals surface area contributed by atoms with Crippen LogP contribution < -0.4 is 10.2 Å². The number of aliphatic carboxylic acids is 1. The average Bonchev–Trinajstić information content (AvgIpc) is 3.37. The Hall–Kier alpha value is -4.24. The van der Waals surface area contributed by atoms with Crippen molar-refractivity contribution < 1.29 is 51.0 Å². The molecule has 11 nitrogen and oxygen atoms in total. The van der Waals surface area contributed by atoms with Crippen molar-refractivity contribution in [3.05, 3.63) is 71.3 Å². The van der Waals surface area contributed by atoms with E-state index in [9.17, 15) is 51.0 Å². The minimum atomic E-state index is -4.81. The van der Waals surface area contributed by atoms with Gasteiger partial charge < -0.3 is 25.3 Å². The fourth-order valence-electron chi connectivity index (χ4n) is 5.15. The SMILES string of the molecule is CC1N(c2cccc(C(F)(F)F)c2)C(=O)C(C(=O)NCc2ccc(S(C)(=O)=O)cc2)=CC1(C(=O)O)C(=O)N1CCC(O)C1. The molecule has 43 heavy (non-hydrogen) atoms. The second-order valence-electron chi connectivity index (χ2n) is 10.4. The van der Waals surface area contributed by atoms with Gasteiger partial charge in [-0.3, -0.25) is 19.2 Å². The van der Waals surface area contributed by atoms with Crippen LogP contribution in [0.1, 0.15) is 24.5 Å². The Balaban J connectivity index is 1.78. The molecule has 2 aromatic rings. The first-order valence-electron chi connectivity index (χ1n) is 13.0. The molecule has 0 radical (unpaired) electrons. The number of halogens is 3. The number of amides is 3. The molecule has 15 heteroatoms. The minimum absolute atomic E-state index is 0.0158. The first-order chi connectivity index (χ1) is 20.0. The summed E-state index contributed by atoms with van der Waals surface area (Å²) in [5.41, 5.74) is -4.51. The lowest BCUT2D eigenvalue weighted by molar-refractivity contribution is -0.158. The van der Waals surface area contributed by atoms with Gasteiger partial charge in [-0.05, 0) is 55.3 Å². The molecule has 2 aliphatic heterocycles. The van der Waals surface area contributed by atoms with Crippen LogP contribution in [0.4, 0.5) is 18.9 Å². The van der Waals surface area contributed by atoms with E-state index in [1.54, 1.807) is 0 Å². The summed E-state index contributed by atoms with van der Waals surface area (Å²) in [6, 6.07) is 7.35. The number of sulfone groups is 1. The standard InChI is InChI=1S/C28H28F3N3O8S/c1-16-27(26(39)40,25(38)33-11-10-20(35)15-33)13-22(23(36)32-14-17-6-8-21(9-7-17)43(2,41)42)24(37)34(16)19-5-3-4-18(12-19)28(29,30)31/h3-9,12-13,16,20,35H,10-11,14-15H2,1-2H3,(H,32,36)(H,39,40). The molecule has 0 aliphatic carbocycles. The van der Waals surface area contributed by atoms with Crippen LogP contribution in [0.25, 0.3) is 0 Å². The number of hydrogen-bond acceptors (Lipinski definition) is 7. The maximum Gasteiger partial charge on any atom is 0.416 e. The minimum Gasteiger partial charge on any atom is -0.480 e. The van der Waals surface area contributed by atoms with Crippen molar-refractivity contribution in [3.63, 3.8) is 0 Å². The van der Waals surface area contributed by atoms with Crippen LogP contribution in [0.15, 0.2) is 65.1 Å². The summed E-state index contributed by atoms with van der Waals surface area (Å²) in [5, 5.41) is 22.8. The molecule has 1 saturated heterocycles. The fourth-order valence-corrected chi connectivity index (χ4v) is 5.78. The quantitative estimate of drug-likeness (QED) is 0.311. The summed E-state index contributed by atoms with van der Waals surface area (Å²) in [5.74, 6) is -5.04. The maximum atomic E-state index is 13.8. The summed E-state index contributed by atoms with van der Waals surface area (Å²) >= 11 is 0. The van der Waals surface area contributed by atoms with Gasteiger partial charge in [-0.1, -0.05) is 18.2 Å². The molecule has 0 bridgehead atoms. The molecule has 0 aromatic heterocycles. The van der Waals surface area contributed by atoms with Gasteiger partial charge in [0.15, 0.2) is 15.3 Å². The number of carboxylic acids is 1. The fraction of sp³-hybridized carbons (Fsp3) is 0.357. The maximum absolute atomic E-state index is 13.8. The number of aliphatic hydroxyl groups is 1. The van der Waals surface area contributed by atoms with Crippen LogP contribution in [-0.4, -0.2) is 78.7 Å². The van der Waals surface area contributed by atoms with E-state index < -0.39 is 68.4 Å². The number of aliphatic hydroxyl groups excluding tert-OH is 1. The monoisotopic (exact) mass is 623 g/mol. The lowest BCUT2D eigenvalue weighted by atomic mass is 9.73. The van der Waals surface area contributed by atoms with Crippen molar-refractivity contribution in [1.29, 1.82) is 0 Å². The number of benzene rings is 2. The van der Waals surface area contributed by atoms with Crippen molar-refractivity contribution in [2.45, 2.75) is 43.1 Å². The smallest absolute Gasteiger partial charge is 0.416 e. The van der Waals surface area contributed by atoms with Gasteiger partial charge in [0, 0.05) is 31.6 Å². The summed E-state index contributed by atoms with van der Waals surface area (Å²) in [4.78, 5) is 55.5. The number of nitrogens with one attached hydrogen (secondary N) is 1. The molecule has 230 valence electrons. The number of β-amino-alcohol motifs (C(OH)–C–C–N with tert-alkyl or cyclic N) is 1. The molecule has 2 heterocycles. The van der Waals surface area contributed by atoms with Gasteiger partial charge in [-0.25, -0.2) is 8.42 Å². The van der Waals surface area contributed by atoms with Crippen molar-refractivity contribution in [2.24, 2.45) is 5.41 Å². The van der Waals surface area contributed by atoms with Crippen molar-refractivity contribution in [1.82, 2.24) is 10.2 Å². The molecule has 1 fully saturated rings. The average molecular weight is 624 g/mol. The van der Waals surface area contributed by atoms with Crippen LogP contribution in [-0.2, 0) is 41.7 Å². The van der Waals surface area contributed by atoms with Gasteiger partial charge in [-0.2, -0.15) is 13.2 Å². The highest BCUT2D eigenvalue weighted by atomic mass is 32.2. The van der Waals surface area contributed by atoms with Crippen LogP contribution in [0.3, 0.4) is 0 Å². The van der Waals surface area contributed by atoms with Gasteiger partial charge >= 0.3 is 12.1 Å². The number of alkyl halides is 3. The number of anilines is 1. The Morgan fingerprint density at radius 1 is 1.12 bits per heavy atom. The third-order valence-corrected chi connectivity index (χ3v) is 8.66. The summed E-state index contributed by atoms with van der Waals surface area (Å²) in [6.07, 6.45) is -3.86. The number of carbonyl (C=O) groups excluding carboxylic acids is 3. The van der Waals surface area contributed by atoms with Crippen LogP contribution in [0.5, 0.6) is 0 Å². The number of hydrogen-bond donors (Lipinski definition) is 3. The van der Waals surface area contributed by atoms with E-state index in [0.717, 1.165) is 35.4 Å². The van der Waals surface area contributed by atoms with Crippen molar-refractivity contribution in [3.8, 4) is 0 Å². The topological polar surface area (TPSA) is 161 Å². The largest absolute Gasteiger partial charge is 0.480 e. The Kier molecular flexibility index (Phi) is 8.44. The van der Waals surface area contributed by atoms with E-state index in [2.05, 4.69) is 5.32 Å². The van der Waals surface area contributed by atoms with Crippen molar-refractivity contribution >= 4 is 39.2 Å². The van der Waals surface area contributed by atoms with E-state index in [0.29, 0.717) is 16.5 Å². The molecule has 3 amide bonds. The number of carbonyl (C=O) groups is 4. The zero-order valence-corrected chi connectivity index (χ0v) is 23.8. The van der Waals surface area contributed by atoms with E-state index in [4.69, 9.17) is 0 Å². The van der Waals surface area contributed by atoms with Crippen LogP contribution in [0.2, 0.25) is 0 Å². The zero-order valence-electron chi connectivity index (χ0n) is 23.0. The molecule has 3 atom stereocenters. The third-order valence-electron chi connectivity index (χ3n) is 7.53. The van der Waals surface area contributed by atoms with Gasteiger partial charge in [-0.15, -0.1) is 0 Å². The van der Waals surface area contributed by atoms with Gasteiger partial charge in [0.05, 0.1) is 22.6 Å². The normalized spacial score (nSPS) is 22.7. The molecular weight excluding hydrogens is 595 g/mol. The van der Waals surface area contributed by atoms with E-state index in [1.807, 2.05) is 0 Å². The predicted molar refractivity (Wildman–Crippen MR) is 145 cm³/mol. The lowest BCUT2D eigenvalue weighted by Crippen LogP contribution is -2.63. The molecule has 3 N–H and O–H groups in total. The molecule has 2 aromatic carbocycles. The van der Waals surface area contributed by atoms with E-state index >= 15 is 0 Å². The molecule has 0 saturated carbocycles. The number of rotatable bonds is 7. The second-order valence-corrected chi connectivity index (χ2v) is 12.4. The second kappa shape index (κ2) is 11.4. The predicted octanol–water partition coefficient (Wildman–Crippen LogP) is 1.75. The van der Waals surface area contributed by atoms with Gasteiger partial charge in [0.1, 0.15) is 5.57 Å². The van der Waals surface area contributed by atoms with E-state index in [1.165, 1.54) is 31.2 Å². The highest BCUT2D eigenvalue weighted by molar-refractivity contribution is 7.90. The lowest BCUT2D eigenvalue weighted by Gasteiger charge is -2.44. The van der Waals surface area contributed by atoms with Crippen LogP contribution in [0, 0.1) is 5.41 Å². The first-order valence-corrected chi connectivity index (χ1v) is 14.9. The highest BCUT2D eigenvalue weighted by Gasteiger charge is 2.58. The Morgan fingerprint density at radius 3 is 2.30 bits per heavy atom. The Morgan fingerprint density at radius 2 is 1.77 bits per heavy atom. The molecule has 3 unspecified atom stereocenters. The summed E-state index contributed by atoms with van der Waals surface area (Å²) < 4.78 is 64.1. The third kappa shape index (κ3) is 6.13. The van der Waals surface area contributed by atoms with E-state index in [-0.39, 0.29) is 36.6 Å². The highest BCUT2D eigenvalue weighted by Crippen LogP contribution is 2.41. The first kappa shape index (κ1) is 31.7. The Labute approximate surface area is 244 Å². The molecule has 2 aliphatic rings. The van der Waals surface area contributed by atoms with Gasteiger partial charge in [0.25, 0.3) is 11.8 Å². The van der Waals surface area contributed by atoms with Crippen LogP contribution >= 0.6 is 0 Å². The molecule has 4 rings (SSSR count). The number of likely N-dealkylation sites (tertiary alicyclic amines) is 1. The summed E-state index contributed by atoms with van der Waals surface area (Å²) in [7, 11) is -3.49. The zero-order chi connectivity index (χ0) is 31.9. The number of carboxylic acid groups (broad SMARTS) is 1. The number of nitrogens with zero attached hydrogens (tertiary/aromatic N) is 2. The molecular formula is C28H28F3N3O8S. The summed E-state index contributed by atoms with van der Waals surface area (Å²) in [6.45, 7) is 0.721. The van der Waals surface area contributed by atoms with Crippen molar-refractivity contribution in [2.75, 3.05) is 24.2 Å².